The van der Waals surface area contributed by atoms with Crippen molar-refractivity contribution >= 4 is 27.2 Å². The van der Waals surface area contributed by atoms with Gasteiger partial charge >= 0.3 is 0 Å². The number of aryl methyl sites for hydroxylation is 2. The minimum absolute atomic E-state index is 0.107. The Bertz CT molecular complexity index is 1210. The zero-order valence-electron chi connectivity index (χ0n) is 16.9. The van der Waals surface area contributed by atoms with E-state index >= 15 is 0 Å². The summed E-state index contributed by atoms with van der Waals surface area (Å²) in [6.07, 6.45) is 9.89. The van der Waals surface area contributed by atoms with Gasteiger partial charge in [-0.1, -0.05) is 12.2 Å². The average molecular weight is 431 g/mol. The third-order valence-electron chi connectivity index (χ3n) is 4.28. The molecule has 0 aliphatic heterocycles. The van der Waals surface area contributed by atoms with Crippen molar-refractivity contribution in [3.8, 4) is 11.5 Å². The van der Waals surface area contributed by atoms with Gasteiger partial charge in [-0.3, -0.25) is 4.98 Å². The van der Waals surface area contributed by atoms with Crippen molar-refractivity contribution in [2.45, 2.75) is 37.6 Å². The second kappa shape index (κ2) is 8.38. The first-order valence-corrected chi connectivity index (χ1v) is 11.6. The zero-order chi connectivity index (χ0) is 21.2. The van der Waals surface area contributed by atoms with Crippen molar-refractivity contribution in [1.82, 2.24) is 19.6 Å². The Balaban J connectivity index is 2.27. The van der Waals surface area contributed by atoms with Crippen molar-refractivity contribution in [3.05, 3.63) is 59.0 Å². The van der Waals surface area contributed by atoms with E-state index in [0.29, 0.717) is 27.9 Å². The SMILES string of the molecule is C/C=C\C(=C/C)S(=O)(=O)c1c(SC)nn2c(C)c(Oc3cccnc3)c(C)nc12. The predicted octanol–water partition coefficient (Wildman–Crippen LogP) is 4.51. The third-order valence-corrected chi connectivity index (χ3v) is 6.99. The molecular formula is C20H22N4O3S2. The summed E-state index contributed by atoms with van der Waals surface area (Å²) in [5.41, 5.74) is 1.50. The van der Waals surface area contributed by atoms with Gasteiger partial charge in [0, 0.05) is 6.20 Å². The molecule has 3 heterocycles. The summed E-state index contributed by atoms with van der Waals surface area (Å²) in [5, 5.41) is 4.90. The van der Waals surface area contributed by atoms with Crippen LogP contribution in [0, 0.1) is 13.8 Å². The lowest BCUT2D eigenvalue weighted by molar-refractivity contribution is 0.463. The Morgan fingerprint density at radius 1 is 1.28 bits per heavy atom. The molecule has 3 rings (SSSR count). The molecule has 7 nitrogen and oxygen atoms in total. The smallest absolute Gasteiger partial charge is 0.212 e. The summed E-state index contributed by atoms with van der Waals surface area (Å²) in [5.74, 6) is 1.08. The van der Waals surface area contributed by atoms with Crippen LogP contribution in [-0.2, 0) is 9.84 Å². The zero-order valence-corrected chi connectivity index (χ0v) is 18.5. The maximum Gasteiger partial charge on any atom is 0.212 e. The lowest BCUT2D eigenvalue weighted by Gasteiger charge is -2.12. The molecule has 3 aromatic rings. The van der Waals surface area contributed by atoms with Gasteiger partial charge in [0.05, 0.1) is 22.5 Å². The lowest BCUT2D eigenvalue weighted by atomic mass is 10.3. The fourth-order valence-electron chi connectivity index (χ4n) is 2.94. The summed E-state index contributed by atoms with van der Waals surface area (Å²) in [7, 11) is -3.79. The van der Waals surface area contributed by atoms with Crippen LogP contribution in [0.3, 0.4) is 0 Å². The fraction of sp³-hybridized carbons (Fsp3) is 0.250. The van der Waals surface area contributed by atoms with Crippen LogP contribution >= 0.6 is 11.8 Å². The molecule has 0 radical (unpaired) electrons. The van der Waals surface area contributed by atoms with Crippen LogP contribution < -0.4 is 4.74 Å². The van der Waals surface area contributed by atoms with Gasteiger partial charge in [-0.15, -0.1) is 11.8 Å². The number of pyridine rings is 1. The molecule has 9 heteroatoms. The second-order valence-corrected chi connectivity index (χ2v) is 8.85. The van der Waals surface area contributed by atoms with E-state index in [0.717, 1.165) is 0 Å². The van der Waals surface area contributed by atoms with Crippen LogP contribution in [0.5, 0.6) is 11.5 Å². The maximum atomic E-state index is 13.3. The van der Waals surface area contributed by atoms with Crippen LogP contribution in [0.4, 0.5) is 0 Å². The number of ether oxygens (including phenoxy) is 1. The first-order valence-electron chi connectivity index (χ1n) is 8.91. The molecule has 3 aromatic heterocycles. The van der Waals surface area contributed by atoms with Gasteiger partial charge in [0.15, 0.2) is 16.3 Å². The van der Waals surface area contributed by atoms with E-state index in [1.807, 2.05) is 6.92 Å². The van der Waals surface area contributed by atoms with Crippen LogP contribution in [0.15, 0.2) is 57.6 Å². The number of allylic oxidation sites excluding steroid dienone is 3. The van der Waals surface area contributed by atoms with Gasteiger partial charge in [0.1, 0.15) is 10.8 Å². The van der Waals surface area contributed by atoms with E-state index < -0.39 is 9.84 Å². The minimum atomic E-state index is -3.79. The van der Waals surface area contributed by atoms with Crippen molar-refractivity contribution in [3.63, 3.8) is 0 Å². The van der Waals surface area contributed by atoms with Gasteiger partial charge < -0.3 is 4.74 Å². The molecule has 0 atom stereocenters. The van der Waals surface area contributed by atoms with Gasteiger partial charge in [0.25, 0.3) is 0 Å². The predicted molar refractivity (Wildman–Crippen MR) is 114 cm³/mol. The lowest BCUT2D eigenvalue weighted by Crippen LogP contribution is -2.07. The molecule has 0 unspecified atom stereocenters. The normalized spacial score (nSPS) is 12.8. The van der Waals surface area contributed by atoms with E-state index in [9.17, 15) is 8.42 Å². The highest BCUT2D eigenvalue weighted by Crippen LogP contribution is 2.35. The fourth-order valence-corrected chi connectivity index (χ4v) is 5.46. The number of rotatable bonds is 6. The van der Waals surface area contributed by atoms with Crippen LogP contribution in [-0.4, -0.2) is 34.3 Å². The van der Waals surface area contributed by atoms with Crippen molar-refractivity contribution < 1.29 is 13.2 Å². The molecule has 0 fully saturated rings. The summed E-state index contributed by atoms with van der Waals surface area (Å²) < 4.78 is 34.2. The molecule has 0 spiro atoms. The summed E-state index contributed by atoms with van der Waals surface area (Å²) in [6, 6.07) is 3.56. The number of sulfone groups is 1. The number of fused-ring (bicyclic) bond motifs is 1. The van der Waals surface area contributed by atoms with Crippen LogP contribution in [0.1, 0.15) is 25.2 Å². The van der Waals surface area contributed by atoms with E-state index in [1.54, 1.807) is 69.8 Å². The van der Waals surface area contributed by atoms with E-state index in [2.05, 4.69) is 15.1 Å². The average Bonchev–Trinajstić information content (AvgIpc) is 3.09. The van der Waals surface area contributed by atoms with Crippen LogP contribution in [0.25, 0.3) is 5.65 Å². The molecule has 0 aliphatic rings. The molecule has 0 bridgehead atoms. The maximum absolute atomic E-state index is 13.3. The number of nitrogens with zero attached hydrogens (tertiary/aromatic N) is 4. The monoisotopic (exact) mass is 430 g/mol. The highest BCUT2D eigenvalue weighted by molar-refractivity contribution is 8.00. The van der Waals surface area contributed by atoms with Gasteiger partial charge in [-0.25, -0.2) is 17.9 Å². The first kappa shape index (κ1) is 21.1. The Labute approximate surface area is 174 Å². The van der Waals surface area contributed by atoms with Gasteiger partial charge in [-0.05, 0) is 52.2 Å². The first-order chi connectivity index (χ1) is 13.8. The van der Waals surface area contributed by atoms with E-state index in [4.69, 9.17) is 4.74 Å². The molecule has 29 heavy (non-hydrogen) atoms. The summed E-state index contributed by atoms with van der Waals surface area (Å²) in [6.45, 7) is 7.08. The highest BCUT2D eigenvalue weighted by Gasteiger charge is 2.30. The summed E-state index contributed by atoms with van der Waals surface area (Å²) >= 11 is 1.27. The topological polar surface area (TPSA) is 86.5 Å². The molecule has 0 amide bonds. The standard InChI is InChI=1S/C20H22N4O3S2/c1-6-9-16(7-2)29(25,26)18-19-22-13(3)17(27-15-10-8-11-21-12-15)14(4)24(19)23-20(18)28-5/h6-12H,1-5H3/b9-6-,16-7+. The molecule has 0 saturated carbocycles. The molecule has 0 aromatic carbocycles. The third kappa shape index (κ3) is 3.79. The number of aromatic nitrogens is 4. The quantitative estimate of drug-likeness (QED) is 0.420. The highest BCUT2D eigenvalue weighted by atomic mass is 32.2. The molecule has 0 aliphatic carbocycles. The Morgan fingerprint density at radius 3 is 2.62 bits per heavy atom. The van der Waals surface area contributed by atoms with Crippen molar-refractivity contribution in [2.24, 2.45) is 0 Å². The largest absolute Gasteiger partial charge is 0.452 e. The van der Waals surface area contributed by atoms with Crippen LogP contribution in [0.2, 0.25) is 0 Å². The molecule has 0 N–H and O–H groups in total. The second-order valence-electron chi connectivity index (χ2n) is 6.17. The molecule has 152 valence electrons. The van der Waals surface area contributed by atoms with E-state index in [-0.39, 0.29) is 15.4 Å². The Kier molecular flexibility index (Phi) is 6.09. The Morgan fingerprint density at radius 2 is 2.03 bits per heavy atom. The summed E-state index contributed by atoms with van der Waals surface area (Å²) in [4.78, 5) is 8.92. The van der Waals surface area contributed by atoms with Crippen molar-refractivity contribution in [2.75, 3.05) is 6.26 Å². The minimum Gasteiger partial charge on any atom is -0.452 e. The molecular weight excluding hydrogens is 408 g/mol. The number of thioether (sulfide) groups is 1. The Hall–Kier alpha value is -2.65. The number of hydrogen-bond donors (Lipinski definition) is 0. The number of hydrogen-bond acceptors (Lipinski definition) is 7. The molecule has 0 saturated heterocycles. The van der Waals surface area contributed by atoms with Gasteiger partial charge in [0.2, 0.25) is 9.84 Å². The van der Waals surface area contributed by atoms with E-state index in [1.165, 1.54) is 16.3 Å². The van der Waals surface area contributed by atoms with Crippen molar-refractivity contribution in [1.29, 1.82) is 0 Å². The van der Waals surface area contributed by atoms with Gasteiger partial charge in [-0.2, -0.15) is 5.10 Å².